The van der Waals surface area contributed by atoms with E-state index in [2.05, 4.69) is 26.8 Å². The molecule has 4 aromatic rings. The predicted molar refractivity (Wildman–Crippen MR) is 136 cm³/mol. The van der Waals surface area contributed by atoms with Crippen LogP contribution in [0.1, 0.15) is 19.3 Å². The van der Waals surface area contributed by atoms with Gasteiger partial charge in [-0.1, -0.05) is 18.2 Å². The summed E-state index contributed by atoms with van der Waals surface area (Å²) in [7, 11) is 0. The van der Waals surface area contributed by atoms with Gasteiger partial charge in [-0.25, -0.2) is 4.79 Å². The highest BCUT2D eigenvalue weighted by atomic mass is 16.5. The van der Waals surface area contributed by atoms with Crippen LogP contribution in [-0.2, 0) is 6.54 Å². The second-order valence-electron chi connectivity index (χ2n) is 8.59. The molecule has 0 atom stereocenters. The third-order valence-electron chi connectivity index (χ3n) is 5.96. The van der Waals surface area contributed by atoms with E-state index in [-0.39, 0.29) is 6.03 Å². The van der Waals surface area contributed by atoms with Crippen LogP contribution in [0.15, 0.2) is 79.0 Å². The van der Waals surface area contributed by atoms with Crippen molar-refractivity contribution in [3.8, 4) is 11.5 Å². The zero-order valence-corrected chi connectivity index (χ0v) is 19.1. The van der Waals surface area contributed by atoms with Gasteiger partial charge < -0.3 is 20.3 Å². The molecule has 2 heterocycles. The highest BCUT2D eigenvalue weighted by Gasteiger charge is 2.11. The first kappa shape index (κ1) is 22.0. The summed E-state index contributed by atoms with van der Waals surface area (Å²) < 4.78 is 7.79. The Morgan fingerprint density at radius 3 is 2.35 bits per heavy atom. The van der Waals surface area contributed by atoms with Gasteiger partial charge in [-0.2, -0.15) is 5.10 Å². The Kier molecular flexibility index (Phi) is 6.72. The average Bonchev–Trinajstić information content (AvgIpc) is 3.50. The second-order valence-corrected chi connectivity index (χ2v) is 8.59. The SMILES string of the molecule is O=C(Nc1ccc(Oc2ccccc2)cc1)Nc1ccc2cn(CCCN3CCCC3)nc2c1. The van der Waals surface area contributed by atoms with Crippen molar-refractivity contribution < 1.29 is 9.53 Å². The maximum Gasteiger partial charge on any atom is 0.323 e. The summed E-state index contributed by atoms with van der Waals surface area (Å²) in [4.78, 5) is 15.0. The molecule has 2 N–H and O–H groups in total. The van der Waals surface area contributed by atoms with Gasteiger partial charge in [-0.3, -0.25) is 4.68 Å². The van der Waals surface area contributed by atoms with Crippen molar-refractivity contribution in [3.63, 3.8) is 0 Å². The van der Waals surface area contributed by atoms with Gasteiger partial charge in [-0.05, 0) is 93.5 Å². The number of likely N-dealkylation sites (tertiary alicyclic amines) is 1. The number of hydrogen-bond donors (Lipinski definition) is 2. The maximum atomic E-state index is 12.5. The molecule has 1 aromatic heterocycles. The van der Waals surface area contributed by atoms with Crippen LogP contribution >= 0.6 is 0 Å². The van der Waals surface area contributed by atoms with Crippen LogP contribution in [0.3, 0.4) is 0 Å². The number of ether oxygens (including phenoxy) is 1. The molecule has 1 saturated heterocycles. The van der Waals surface area contributed by atoms with Gasteiger partial charge in [0.25, 0.3) is 0 Å². The van der Waals surface area contributed by atoms with E-state index in [0.29, 0.717) is 17.1 Å². The Morgan fingerprint density at radius 2 is 1.56 bits per heavy atom. The molecule has 34 heavy (non-hydrogen) atoms. The molecule has 7 nitrogen and oxygen atoms in total. The van der Waals surface area contributed by atoms with Gasteiger partial charge in [-0.15, -0.1) is 0 Å². The number of nitrogens with zero attached hydrogens (tertiary/aromatic N) is 3. The minimum atomic E-state index is -0.305. The molecule has 1 aliphatic heterocycles. The summed E-state index contributed by atoms with van der Waals surface area (Å²) in [5.74, 6) is 1.48. The van der Waals surface area contributed by atoms with Gasteiger partial charge >= 0.3 is 6.03 Å². The summed E-state index contributed by atoms with van der Waals surface area (Å²) in [6.45, 7) is 4.48. The summed E-state index contributed by atoms with van der Waals surface area (Å²) in [5.41, 5.74) is 2.26. The molecule has 0 aliphatic carbocycles. The largest absolute Gasteiger partial charge is 0.457 e. The molecular formula is C27H29N5O2. The minimum absolute atomic E-state index is 0.305. The highest BCUT2D eigenvalue weighted by Crippen LogP contribution is 2.23. The highest BCUT2D eigenvalue weighted by molar-refractivity contribution is 6.00. The Bertz CT molecular complexity index is 1230. The lowest BCUT2D eigenvalue weighted by atomic mass is 10.2. The number of rotatable bonds is 8. The van der Waals surface area contributed by atoms with Crippen molar-refractivity contribution in [1.29, 1.82) is 0 Å². The van der Waals surface area contributed by atoms with Crippen molar-refractivity contribution in [3.05, 3.63) is 79.0 Å². The number of urea groups is 1. The van der Waals surface area contributed by atoms with E-state index in [1.54, 1.807) is 0 Å². The smallest absolute Gasteiger partial charge is 0.323 e. The van der Waals surface area contributed by atoms with E-state index >= 15 is 0 Å². The number of carbonyl (C=O) groups excluding carboxylic acids is 1. The fraction of sp³-hybridized carbons (Fsp3) is 0.259. The lowest BCUT2D eigenvalue weighted by Crippen LogP contribution is -2.21. The molecule has 5 rings (SSSR count). The van der Waals surface area contributed by atoms with Gasteiger partial charge in [0.2, 0.25) is 0 Å². The summed E-state index contributed by atoms with van der Waals surface area (Å²) >= 11 is 0. The van der Waals surface area contributed by atoms with Crippen LogP contribution in [0.4, 0.5) is 16.2 Å². The fourth-order valence-corrected chi connectivity index (χ4v) is 4.25. The Morgan fingerprint density at radius 1 is 0.853 bits per heavy atom. The molecule has 2 amide bonds. The number of amides is 2. The van der Waals surface area contributed by atoms with E-state index in [0.717, 1.165) is 36.2 Å². The lowest BCUT2D eigenvalue weighted by molar-refractivity contribution is 0.262. The minimum Gasteiger partial charge on any atom is -0.457 e. The number of nitrogens with one attached hydrogen (secondary N) is 2. The van der Waals surface area contributed by atoms with Crippen LogP contribution in [0, 0.1) is 0 Å². The standard InChI is InChI=1S/C27H29N5O2/c33-27(28-22-11-13-25(14-12-22)34-24-7-2-1-3-8-24)29-23-10-9-21-20-32(30-26(21)19-23)18-6-17-31-15-4-5-16-31/h1-3,7-14,19-20H,4-6,15-18H2,(H2,28,29,33). The molecule has 0 unspecified atom stereocenters. The topological polar surface area (TPSA) is 71.4 Å². The molecule has 0 radical (unpaired) electrons. The van der Waals surface area contributed by atoms with Crippen LogP contribution < -0.4 is 15.4 Å². The number of hydrogen-bond acceptors (Lipinski definition) is 4. The number of fused-ring (bicyclic) bond motifs is 1. The molecule has 0 spiro atoms. The number of benzene rings is 3. The molecule has 0 saturated carbocycles. The van der Waals surface area contributed by atoms with E-state index in [1.807, 2.05) is 77.5 Å². The van der Waals surface area contributed by atoms with Crippen LogP contribution in [0.25, 0.3) is 10.9 Å². The van der Waals surface area contributed by atoms with Gasteiger partial charge in [0.15, 0.2) is 0 Å². The van der Waals surface area contributed by atoms with Crippen molar-refractivity contribution in [2.24, 2.45) is 0 Å². The Balaban J connectivity index is 1.14. The molecule has 7 heteroatoms. The normalized spacial score (nSPS) is 13.8. The molecular weight excluding hydrogens is 426 g/mol. The first-order valence-corrected chi connectivity index (χ1v) is 11.8. The van der Waals surface area contributed by atoms with E-state index in [9.17, 15) is 4.79 Å². The zero-order chi connectivity index (χ0) is 23.2. The number of aromatic nitrogens is 2. The summed E-state index contributed by atoms with van der Waals surface area (Å²) in [6, 6.07) is 22.3. The first-order chi connectivity index (χ1) is 16.7. The molecule has 174 valence electrons. The summed E-state index contributed by atoms with van der Waals surface area (Å²) in [5, 5.41) is 11.5. The van der Waals surface area contributed by atoms with Crippen molar-refractivity contribution in [2.45, 2.75) is 25.8 Å². The number of carbonyl (C=O) groups is 1. The lowest BCUT2D eigenvalue weighted by Gasteiger charge is -2.13. The fourth-order valence-electron chi connectivity index (χ4n) is 4.25. The Labute approximate surface area is 199 Å². The Hall–Kier alpha value is -3.84. The van der Waals surface area contributed by atoms with Crippen molar-refractivity contribution in [1.82, 2.24) is 14.7 Å². The van der Waals surface area contributed by atoms with Crippen LogP contribution in [0.2, 0.25) is 0 Å². The summed E-state index contributed by atoms with van der Waals surface area (Å²) in [6.07, 6.45) is 5.81. The predicted octanol–water partition coefficient (Wildman–Crippen LogP) is 5.96. The van der Waals surface area contributed by atoms with Crippen LogP contribution in [0.5, 0.6) is 11.5 Å². The van der Waals surface area contributed by atoms with Crippen molar-refractivity contribution >= 4 is 28.3 Å². The molecule has 1 fully saturated rings. The molecule has 0 bridgehead atoms. The van der Waals surface area contributed by atoms with Gasteiger partial charge in [0, 0.05) is 29.5 Å². The maximum absolute atomic E-state index is 12.5. The van der Waals surface area contributed by atoms with Crippen LogP contribution in [-0.4, -0.2) is 40.3 Å². The number of anilines is 2. The third-order valence-corrected chi connectivity index (χ3v) is 5.96. The quantitative estimate of drug-likeness (QED) is 0.344. The second kappa shape index (κ2) is 10.4. The average molecular weight is 456 g/mol. The monoisotopic (exact) mass is 455 g/mol. The van der Waals surface area contributed by atoms with E-state index in [4.69, 9.17) is 4.74 Å². The van der Waals surface area contributed by atoms with Crippen molar-refractivity contribution in [2.75, 3.05) is 30.3 Å². The first-order valence-electron chi connectivity index (χ1n) is 11.8. The van der Waals surface area contributed by atoms with Gasteiger partial charge in [0.1, 0.15) is 11.5 Å². The van der Waals surface area contributed by atoms with E-state index < -0.39 is 0 Å². The molecule has 3 aromatic carbocycles. The third kappa shape index (κ3) is 5.74. The molecule has 1 aliphatic rings. The van der Waals surface area contributed by atoms with Gasteiger partial charge in [0.05, 0.1) is 5.52 Å². The number of para-hydroxylation sites is 1. The number of aryl methyl sites for hydroxylation is 1. The zero-order valence-electron chi connectivity index (χ0n) is 19.1. The van der Waals surface area contributed by atoms with E-state index in [1.165, 1.54) is 25.9 Å².